The highest BCUT2D eigenvalue weighted by atomic mass is 16.2. The van der Waals surface area contributed by atoms with E-state index in [-0.39, 0.29) is 17.5 Å². The first-order chi connectivity index (χ1) is 8.56. The summed E-state index contributed by atoms with van der Waals surface area (Å²) in [6, 6.07) is 0. The fourth-order valence-electron chi connectivity index (χ4n) is 1.50. The van der Waals surface area contributed by atoms with Crippen molar-refractivity contribution in [2.45, 2.75) is 26.7 Å². The van der Waals surface area contributed by atoms with E-state index in [1.165, 1.54) is 6.92 Å². The van der Waals surface area contributed by atoms with Crippen LogP contribution in [0.5, 0.6) is 0 Å². The third kappa shape index (κ3) is 3.76. The Kier molecular flexibility index (Phi) is 5.16. The smallest absolute Gasteiger partial charge is 0.274 e. The van der Waals surface area contributed by atoms with Gasteiger partial charge in [0.2, 0.25) is 5.91 Å². The number of nitrogens with zero attached hydrogens (tertiary/aromatic N) is 1. The summed E-state index contributed by atoms with van der Waals surface area (Å²) >= 11 is 0. The summed E-state index contributed by atoms with van der Waals surface area (Å²) in [6.07, 6.45) is 1.69. The highest BCUT2D eigenvalue weighted by molar-refractivity contribution is 5.97. The third-order valence-electron chi connectivity index (χ3n) is 2.38. The van der Waals surface area contributed by atoms with Gasteiger partial charge >= 0.3 is 0 Å². The molecule has 7 heteroatoms. The van der Waals surface area contributed by atoms with Gasteiger partial charge in [0.1, 0.15) is 0 Å². The van der Waals surface area contributed by atoms with Crippen molar-refractivity contribution in [3.63, 3.8) is 0 Å². The maximum atomic E-state index is 11.7. The van der Waals surface area contributed by atoms with E-state index in [0.29, 0.717) is 18.8 Å². The van der Waals surface area contributed by atoms with Gasteiger partial charge in [-0.25, -0.2) is 0 Å². The van der Waals surface area contributed by atoms with Crippen molar-refractivity contribution in [2.24, 2.45) is 0 Å². The van der Waals surface area contributed by atoms with Crippen molar-refractivity contribution in [3.8, 4) is 0 Å². The number of rotatable bonds is 6. The van der Waals surface area contributed by atoms with Crippen molar-refractivity contribution < 1.29 is 9.59 Å². The zero-order chi connectivity index (χ0) is 13.5. The van der Waals surface area contributed by atoms with Crippen molar-refractivity contribution in [1.29, 1.82) is 0 Å². The lowest BCUT2D eigenvalue weighted by atomic mass is 10.2. The molecule has 0 spiro atoms. The second-order valence-electron chi connectivity index (χ2n) is 3.95. The second kappa shape index (κ2) is 6.63. The van der Waals surface area contributed by atoms with Gasteiger partial charge in [0.15, 0.2) is 5.69 Å². The predicted molar refractivity (Wildman–Crippen MR) is 68.0 cm³/mol. The van der Waals surface area contributed by atoms with Crippen LogP contribution >= 0.6 is 0 Å². The Morgan fingerprint density at radius 3 is 2.61 bits per heavy atom. The van der Waals surface area contributed by atoms with E-state index in [2.05, 4.69) is 20.8 Å². The van der Waals surface area contributed by atoms with E-state index in [1.807, 2.05) is 6.92 Å². The van der Waals surface area contributed by atoms with Gasteiger partial charge in [-0.2, -0.15) is 5.10 Å². The molecule has 0 saturated carbocycles. The molecule has 0 aliphatic rings. The van der Waals surface area contributed by atoms with E-state index in [4.69, 9.17) is 5.73 Å². The molecule has 100 valence electrons. The van der Waals surface area contributed by atoms with Crippen LogP contribution < -0.4 is 16.4 Å². The maximum absolute atomic E-state index is 11.7. The van der Waals surface area contributed by atoms with E-state index >= 15 is 0 Å². The van der Waals surface area contributed by atoms with E-state index in [1.54, 1.807) is 0 Å². The molecule has 0 atom stereocenters. The summed E-state index contributed by atoms with van der Waals surface area (Å²) in [4.78, 5) is 22.4. The average molecular weight is 253 g/mol. The molecule has 0 bridgehead atoms. The topological polar surface area (TPSA) is 113 Å². The SMILES string of the molecule is CCCc1[nH]nc(C(=O)NCCNC(C)=O)c1N. The molecule has 1 aromatic rings. The molecule has 2 amide bonds. The van der Waals surface area contributed by atoms with Crippen LogP contribution in [-0.2, 0) is 11.2 Å². The van der Waals surface area contributed by atoms with Gasteiger partial charge in [-0.1, -0.05) is 13.3 Å². The molecule has 0 saturated heterocycles. The first kappa shape index (κ1) is 14.0. The summed E-state index contributed by atoms with van der Waals surface area (Å²) in [5.41, 5.74) is 7.21. The quantitative estimate of drug-likeness (QED) is 0.526. The van der Waals surface area contributed by atoms with Crippen LogP contribution in [0.2, 0.25) is 0 Å². The van der Waals surface area contributed by atoms with Crippen LogP contribution in [-0.4, -0.2) is 35.1 Å². The molecule has 0 fully saturated rings. The van der Waals surface area contributed by atoms with E-state index in [9.17, 15) is 9.59 Å². The minimum atomic E-state index is -0.337. The molecule has 0 aliphatic heterocycles. The number of H-pyrrole nitrogens is 1. The Hall–Kier alpha value is -2.05. The molecule has 18 heavy (non-hydrogen) atoms. The highest BCUT2D eigenvalue weighted by Gasteiger charge is 2.16. The number of hydrogen-bond donors (Lipinski definition) is 4. The van der Waals surface area contributed by atoms with Crippen LogP contribution in [0.25, 0.3) is 0 Å². The number of carbonyl (C=O) groups is 2. The van der Waals surface area contributed by atoms with Gasteiger partial charge in [-0.15, -0.1) is 0 Å². The van der Waals surface area contributed by atoms with Gasteiger partial charge in [-0.3, -0.25) is 14.7 Å². The van der Waals surface area contributed by atoms with Gasteiger partial charge < -0.3 is 16.4 Å². The number of amides is 2. The third-order valence-corrected chi connectivity index (χ3v) is 2.38. The standard InChI is InChI=1S/C11H19N5O2/c1-3-4-8-9(12)10(16-15-8)11(18)14-6-5-13-7(2)17/h3-6,12H2,1-2H3,(H,13,17)(H,14,18)(H,15,16). The summed E-state index contributed by atoms with van der Waals surface area (Å²) in [6.45, 7) is 4.17. The van der Waals surface area contributed by atoms with Crippen LogP contribution in [0.1, 0.15) is 36.5 Å². The number of aromatic nitrogens is 2. The summed E-state index contributed by atoms with van der Waals surface area (Å²) in [7, 11) is 0. The number of aromatic amines is 1. The van der Waals surface area contributed by atoms with Crippen LogP contribution in [0.3, 0.4) is 0 Å². The Labute approximate surface area is 106 Å². The van der Waals surface area contributed by atoms with Crippen molar-refractivity contribution in [2.75, 3.05) is 18.8 Å². The lowest BCUT2D eigenvalue weighted by Gasteiger charge is -2.04. The fourth-order valence-corrected chi connectivity index (χ4v) is 1.50. The van der Waals surface area contributed by atoms with Crippen molar-refractivity contribution in [1.82, 2.24) is 20.8 Å². The van der Waals surface area contributed by atoms with Gasteiger partial charge in [-0.05, 0) is 6.42 Å². The van der Waals surface area contributed by atoms with Crippen molar-refractivity contribution in [3.05, 3.63) is 11.4 Å². The molecule has 0 aliphatic carbocycles. The zero-order valence-corrected chi connectivity index (χ0v) is 10.7. The molecular weight excluding hydrogens is 234 g/mol. The van der Waals surface area contributed by atoms with E-state index < -0.39 is 0 Å². The zero-order valence-electron chi connectivity index (χ0n) is 10.7. The second-order valence-corrected chi connectivity index (χ2v) is 3.95. The number of nitrogens with one attached hydrogen (secondary N) is 3. The number of carbonyl (C=O) groups excluding carboxylic acids is 2. The Balaban J connectivity index is 2.49. The molecule has 1 heterocycles. The molecule has 1 aromatic heterocycles. The lowest BCUT2D eigenvalue weighted by Crippen LogP contribution is -2.34. The fraction of sp³-hybridized carbons (Fsp3) is 0.545. The minimum Gasteiger partial charge on any atom is -0.395 e. The largest absolute Gasteiger partial charge is 0.395 e. The average Bonchev–Trinajstić information content (AvgIpc) is 2.67. The van der Waals surface area contributed by atoms with E-state index in [0.717, 1.165) is 18.5 Å². The van der Waals surface area contributed by atoms with Crippen molar-refractivity contribution >= 4 is 17.5 Å². The van der Waals surface area contributed by atoms with Gasteiger partial charge in [0.05, 0.1) is 11.4 Å². The molecular formula is C11H19N5O2. The van der Waals surface area contributed by atoms with Gasteiger partial charge in [0, 0.05) is 20.0 Å². The molecule has 7 nitrogen and oxygen atoms in total. The first-order valence-corrected chi connectivity index (χ1v) is 5.91. The summed E-state index contributed by atoms with van der Waals surface area (Å²) in [5.74, 6) is -0.467. The number of nitrogen functional groups attached to an aromatic ring is 1. The number of anilines is 1. The number of nitrogens with two attached hydrogens (primary N) is 1. The Morgan fingerprint density at radius 1 is 1.33 bits per heavy atom. The monoisotopic (exact) mass is 253 g/mol. The molecule has 5 N–H and O–H groups in total. The van der Waals surface area contributed by atoms with Gasteiger partial charge in [0.25, 0.3) is 5.91 Å². The Morgan fingerprint density at radius 2 is 2.00 bits per heavy atom. The number of hydrogen-bond acceptors (Lipinski definition) is 4. The first-order valence-electron chi connectivity index (χ1n) is 5.91. The highest BCUT2D eigenvalue weighted by Crippen LogP contribution is 2.15. The molecule has 1 rings (SSSR count). The van der Waals surface area contributed by atoms with Crippen LogP contribution in [0.4, 0.5) is 5.69 Å². The molecule has 0 aromatic carbocycles. The number of aryl methyl sites for hydroxylation is 1. The lowest BCUT2D eigenvalue weighted by molar-refractivity contribution is -0.118. The minimum absolute atomic E-state index is 0.131. The predicted octanol–water partition coefficient (Wildman–Crippen LogP) is -0.190. The summed E-state index contributed by atoms with van der Waals surface area (Å²) < 4.78 is 0. The van der Waals surface area contributed by atoms with Crippen LogP contribution in [0, 0.1) is 0 Å². The maximum Gasteiger partial charge on any atom is 0.274 e. The molecule has 0 radical (unpaired) electrons. The Bertz CT molecular complexity index is 427. The molecule has 0 unspecified atom stereocenters. The normalized spacial score (nSPS) is 10.1. The summed E-state index contributed by atoms with van der Waals surface area (Å²) in [5, 5.41) is 11.9. The van der Waals surface area contributed by atoms with Crippen LogP contribution in [0.15, 0.2) is 0 Å².